The van der Waals surface area contributed by atoms with Crippen LogP contribution in [0.1, 0.15) is 23.9 Å². The molecule has 1 amide bonds. The Labute approximate surface area is 89.5 Å². The van der Waals surface area contributed by atoms with E-state index in [1.807, 2.05) is 13.8 Å². The molecule has 1 aromatic heterocycles. The first-order chi connectivity index (χ1) is 7.15. The molecule has 0 aliphatic heterocycles. The van der Waals surface area contributed by atoms with Gasteiger partial charge in [-0.15, -0.1) is 0 Å². The van der Waals surface area contributed by atoms with Crippen LogP contribution in [0.15, 0.2) is 0 Å². The average molecular weight is 205 g/mol. The molecule has 80 valence electrons. The van der Waals surface area contributed by atoms with Gasteiger partial charge in [0.2, 0.25) is 0 Å². The number of nitrogens with one attached hydrogen (secondary N) is 2. The summed E-state index contributed by atoms with van der Waals surface area (Å²) in [5, 5.41) is 9.72. The Morgan fingerprint density at radius 1 is 1.53 bits per heavy atom. The highest BCUT2D eigenvalue weighted by molar-refractivity contribution is 5.93. The second-order valence-electron chi connectivity index (χ2n) is 3.29. The van der Waals surface area contributed by atoms with Crippen LogP contribution >= 0.6 is 0 Å². The number of aromatic amines is 1. The van der Waals surface area contributed by atoms with Crippen molar-refractivity contribution in [2.75, 3.05) is 6.54 Å². The summed E-state index contributed by atoms with van der Waals surface area (Å²) in [5.74, 6) is 4.76. The molecule has 0 saturated heterocycles. The van der Waals surface area contributed by atoms with E-state index in [1.165, 1.54) is 5.56 Å². The van der Waals surface area contributed by atoms with E-state index in [0.29, 0.717) is 6.54 Å². The van der Waals surface area contributed by atoms with Gasteiger partial charge in [0.25, 0.3) is 5.91 Å². The molecule has 1 rings (SSSR count). The van der Waals surface area contributed by atoms with Crippen LogP contribution in [0.5, 0.6) is 0 Å². The number of hydrogen-bond donors (Lipinski definition) is 2. The molecule has 0 spiro atoms. The summed E-state index contributed by atoms with van der Waals surface area (Å²) >= 11 is 0. The van der Waals surface area contributed by atoms with Gasteiger partial charge < -0.3 is 5.32 Å². The third-order valence-corrected chi connectivity index (χ3v) is 2.18. The van der Waals surface area contributed by atoms with Gasteiger partial charge in [-0.1, -0.05) is 5.92 Å². The van der Waals surface area contributed by atoms with Crippen LogP contribution in [0.3, 0.4) is 0 Å². The monoisotopic (exact) mass is 205 g/mol. The molecule has 15 heavy (non-hydrogen) atoms. The Hall–Kier alpha value is -1.76. The number of amides is 1. The Balaban J connectivity index is 2.43. The zero-order chi connectivity index (χ0) is 11.3. The summed E-state index contributed by atoms with van der Waals surface area (Å²) in [6.07, 6.45) is 0.783. The van der Waals surface area contributed by atoms with Crippen LogP contribution in [-0.2, 0) is 11.2 Å². The Kier molecular flexibility index (Phi) is 3.92. The third kappa shape index (κ3) is 3.13. The smallest absolute Gasteiger partial charge is 0.295 e. The standard InChI is InChI=1S/C11H15N3O/c1-4-5-11(15)12-7-6-10-8(2)13-14-9(10)3/h6-7H2,1-3H3,(H,12,15)(H,13,14). The molecule has 1 aromatic rings. The molecular weight excluding hydrogens is 190 g/mol. The van der Waals surface area contributed by atoms with Crippen molar-refractivity contribution >= 4 is 5.91 Å². The number of rotatable bonds is 3. The van der Waals surface area contributed by atoms with E-state index in [1.54, 1.807) is 6.92 Å². The molecule has 0 aromatic carbocycles. The second kappa shape index (κ2) is 5.20. The van der Waals surface area contributed by atoms with Crippen molar-refractivity contribution in [3.63, 3.8) is 0 Å². The fraction of sp³-hybridized carbons (Fsp3) is 0.455. The van der Waals surface area contributed by atoms with E-state index in [2.05, 4.69) is 27.4 Å². The van der Waals surface area contributed by atoms with Crippen LogP contribution < -0.4 is 5.32 Å². The van der Waals surface area contributed by atoms with E-state index in [-0.39, 0.29) is 5.91 Å². The number of carbonyl (C=O) groups is 1. The molecule has 0 fully saturated rings. The molecule has 0 aliphatic rings. The van der Waals surface area contributed by atoms with Gasteiger partial charge in [0.15, 0.2) is 0 Å². The average Bonchev–Trinajstić information content (AvgIpc) is 2.49. The minimum atomic E-state index is -0.226. The molecule has 0 saturated carbocycles. The molecule has 4 heteroatoms. The Bertz CT molecular complexity index is 390. The number of aryl methyl sites for hydroxylation is 2. The summed E-state index contributed by atoms with van der Waals surface area (Å²) in [5.41, 5.74) is 3.21. The summed E-state index contributed by atoms with van der Waals surface area (Å²) in [4.78, 5) is 11.0. The van der Waals surface area contributed by atoms with Crippen LogP contribution in [0, 0.1) is 25.7 Å². The normalized spacial score (nSPS) is 9.27. The van der Waals surface area contributed by atoms with E-state index >= 15 is 0 Å². The SMILES string of the molecule is CC#CC(=O)NCCc1c(C)n[nH]c1C. The molecule has 0 atom stereocenters. The highest BCUT2D eigenvalue weighted by atomic mass is 16.1. The van der Waals surface area contributed by atoms with Crippen LogP contribution in [-0.4, -0.2) is 22.6 Å². The molecule has 0 aliphatic carbocycles. The maximum absolute atomic E-state index is 11.0. The van der Waals surface area contributed by atoms with Crippen molar-refractivity contribution in [2.45, 2.75) is 27.2 Å². The zero-order valence-corrected chi connectivity index (χ0v) is 9.27. The van der Waals surface area contributed by atoms with Crippen LogP contribution in [0.25, 0.3) is 0 Å². The van der Waals surface area contributed by atoms with Crippen molar-refractivity contribution in [3.8, 4) is 11.8 Å². The molecule has 2 N–H and O–H groups in total. The minimum absolute atomic E-state index is 0.226. The van der Waals surface area contributed by atoms with Gasteiger partial charge in [-0.3, -0.25) is 9.89 Å². The van der Waals surface area contributed by atoms with E-state index in [0.717, 1.165) is 17.8 Å². The maximum atomic E-state index is 11.0. The molecule has 0 unspecified atom stereocenters. The lowest BCUT2D eigenvalue weighted by molar-refractivity contribution is -0.115. The van der Waals surface area contributed by atoms with Gasteiger partial charge in [0.1, 0.15) is 0 Å². The van der Waals surface area contributed by atoms with Gasteiger partial charge in [0.05, 0.1) is 5.69 Å². The first-order valence-electron chi connectivity index (χ1n) is 4.86. The van der Waals surface area contributed by atoms with E-state index < -0.39 is 0 Å². The number of carbonyl (C=O) groups excluding carboxylic acids is 1. The molecule has 0 bridgehead atoms. The highest BCUT2D eigenvalue weighted by Crippen LogP contribution is 2.08. The van der Waals surface area contributed by atoms with Crippen molar-refractivity contribution in [3.05, 3.63) is 17.0 Å². The van der Waals surface area contributed by atoms with Crippen LogP contribution in [0.2, 0.25) is 0 Å². The quantitative estimate of drug-likeness (QED) is 0.714. The highest BCUT2D eigenvalue weighted by Gasteiger charge is 2.05. The van der Waals surface area contributed by atoms with E-state index in [9.17, 15) is 4.79 Å². The third-order valence-electron chi connectivity index (χ3n) is 2.18. The van der Waals surface area contributed by atoms with Gasteiger partial charge in [-0.2, -0.15) is 5.10 Å². The fourth-order valence-electron chi connectivity index (χ4n) is 1.40. The Morgan fingerprint density at radius 2 is 2.27 bits per heavy atom. The number of H-pyrrole nitrogens is 1. The van der Waals surface area contributed by atoms with Crippen LogP contribution in [0.4, 0.5) is 0 Å². The van der Waals surface area contributed by atoms with Crippen molar-refractivity contribution in [2.24, 2.45) is 0 Å². The predicted molar refractivity (Wildman–Crippen MR) is 58.2 cm³/mol. The van der Waals surface area contributed by atoms with Gasteiger partial charge in [-0.25, -0.2) is 0 Å². The lowest BCUT2D eigenvalue weighted by atomic mass is 10.1. The molecule has 1 heterocycles. The van der Waals surface area contributed by atoms with Gasteiger partial charge in [0, 0.05) is 12.2 Å². The largest absolute Gasteiger partial charge is 0.345 e. The topological polar surface area (TPSA) is 57.8 Å². The van der Waals surface area contributed by atoms with E-state index in [4.69, 9.17) is 0 Å². The minimum Gasteiger partial charge on any atom is -0.345 e. The maximum Gasteiger partial charge on any atom is 0.295 e. The lowest BCUT2D eigenvalue weighted by Gasteiger charge is -2.01. The number of nitrogens with zero attached hydrogens (tertiary/aromatic N) is 1. The van der Waals surface area contributed by atoms with Crippen molar-refractivity contribution < 1.29 is 4.79 Å². The van der Waals surface area contributed by atoms with Gasteiger partial charge >= 0.3 is 0 Å². The van der Waals surface area contributed by atoms with Crippen molar-refractivity contribution in [1.82, 2.24) is 15.5 Å². The number of hydrogen-bond acceptors (Lipinski definition) is 2. The first-order valence-corrected chi connectivity index (χ1v) is 4.86. The summed E-state index contributed by atoms with van der Waals surface area (Å²) in [6.45, 7) is 6.16. The molecule has 0 radical (unpaired) electrons. The van der Waals surface area contributed by atoms with Crippen molar-refractivity contribution in [1.29, 1.82) is 0 Å². The fourth-order valence-corrected chi connectivity index (χ4v) is 1.40. The number of aromatic nitrogens is 2. The molecular formula is C11H15N3O. The second-order valence-corrected chi connectivity index (χ2v) is 3.29. The Morgan fingerprint density at radius 3 is 2.80 bits per heavy atom. The zero-order valence-electron chi connectivity index (χ0n) is 9.27. The first kappa shape index (κ1) is 11.3. The summed E-state index contributed by atoms with van der Waals surface area (Å²) in [6, 6.07) is 0. The lowest BCUT2D eigenvalue weighted by Crippen LogP contribution is -2.24. The molecule has 4 nitrogen and oxygen atoms in total. The predicted octanol–water partition coefficient (Wildman–Crippen LogP) is 0.709. The summed E-state index contributed by atoms with van der Waals surface area (Å²) < 4.78 is 0. The summed E-state index contributed by atoms with van der Waals surface area (Å²) in [7, 11) is 0. The van der Waals surface area contributed by atoms with Gasteiger partial charge in [-0.05, 0) is 38.7 Å².